The first-order valence-electron chi connectivity index (χ1n) is 7.76. The zero-order valence-electron chi connectivity index (χ0n) is 13.1. The molecule has 118 valence electrons. The molecule has 2 aliphatic heterocycles. The molecule has 0 radical (unpaired) electrons. The summed E-state index contributed by atoms with van der Waals surface area (Å²) >= 11 is 0. The van der Waals surface area contributed by atoms with Gasteiger partial charge in [0.05, 0.1) is 32.6 Å². The maximum absolute atomic E-state index is 6.20. The Morgan fingerprint density at radius 1 is 1.43 bits per heavy atom. The van der Waals surface area contributed by atoms with Gasteiger partial charge in [-0.05, 0) is 38.6 Å². The fourth-order valence-electron chi connectivity index (χ4n) is 3.52. The van der Waals surface area contributed by atoms with E-state index in [0.717, 1.165) is 51.6 Å². The lowest BCUT2D eigenvalue weighted by molar-refractivity contribution is -0.0566. The van der Waals surface area contributed by atoms with Gasteiger partial charge >= 0.3 is 0 Å². The molecule has 2 atom stereocenters. The molecule has 3 heterocycles. The normalized spacial score (nSPS) is 31.1. The molecule has 0 bridgehead atoms. The van der Waals surface area contributed by atoms with E-state index in [4.69, 9.17) is 13.9 Å². The molecular formula is C16H26N2O3. The zero-order chi connectivity index (χ0) is 14.7. The fourth-order valence-corrected chi connectivity index (χ4v) is 3.52. The second kappa shape index (κ2) is 6.48. The topological polar surface area (TPSA) is 38.1 Å². The zero-order valence-corrected chi connectivity index (χ0v) is 13.1. The minimum Gasteiger partial charge on any atom is -0.468 e. The van der Waals surface area contributed by atoms with E-state index >= 15 is 0 Å². The number of nitrogens with zero attached hydrogens (tertiary/aromatic N) is 2. The molecule has 1 spiro atoms. The van der Waals surface area contributed by atoms with Gasteiger partial charge in [0.25, 0.3) is 0 Å². The van der Waals surface area contributed by atoms with Gasteiger partial charge in [0.2, 0.25) is 0 Å². The van der Waals surface area contributed by atoms with Crippen LogP contribution in [0.3, 0.4) is 0 Å². The maximum atomic E-state index is 6.20. The highest BCUT2D eigenvalue weighted by Crippen LogP contribution is 2.33. The number of ether oxygens (including phenoxy) is 2. The van der Waals surface area contributed by atoms with Crippen LogP contribution in [0.1, 0.15) is 12.2 Å². The highest BCUT2D eigenvalue weighted by atomic mass is 16.5. The van der Waals surface area contributed by atoms with Gasteiger partial charge in [-0.25, -0.2) is 0 Å². The summed E-state index contributed by atoms with van der Waals surface area (Å²) in [5.74, 6) is 1.61. The Bertz CT molecular complexity index is 435. The second-order valence-corrected chi connectivity index (χ2v) is 6.67. The van der Waals surface area contributed by atoms with Crippen LogP contribution in [0.2, 0.25) is 0 Å². The standard InChI is InChI=1S/C16H26N2O3/c1-17(2)9-14-8-16(21-11-14)12-18(5-7-19-13-16)10-15-4-3-6-20-15/h3-4,6,14H,5,7-13H2,1-2H3/t14-,16+/m0/s1. The molecule has 0 amide bonds. The summed E-state index contributed by atoms with van der Waals surface area (Å²) in [6, 6.07) is 3.97. The molecule has 0 unspecified atom stereocenters. The van der Waals surface area contributed by atoms with Gasteiger partial charge in [0.1, 0.15) is 11.4 Å². The maximum Gasteiger partial charge on any atom is 0.117 e. The van der Waals surface area contributed by atoms with Crippen molar-refractivity contribution in [2.45, 2.75) is 18.6 Å². The van der Waals surface area contributed by atoms with E-state index < -0.39 is 0 Å². The molecule has 1 aromatic rings. The van der Waals surface area contributed by atoms with E-state index in [0.29, 0.717) is 12.5 Å². The van der Waals surface area contributed by atoms with Crippen LogP contribution in [0.5, 0.6) is 0 Å². The Morgan fingerprint density at radius 2 is 2.33 bits per heavy atom. The average Bonchev–Trinajstić information content (AvgIpc) is 3.00. The molecule has 0 aliphatic carbocycles. The predicted octanol–water partition coefficient (Wildman–Crippen LogP) is 1.45. The van der Waals surface area contributed by atoms with E-state index in [2.05, 4.69) is 23.9 Å². The summed E-state index contributed by atoms with van der Waals surface area (Å²) in [5.41, 5.74) is -0.135. The van der Waals surface area contributed by atoms with Crippen LogP contribution in [0.25, 0.3) is 0 Å². The van der Waals surface area contributed by atoms with Gasteiger partial charge in [-0.3, -0.25) is 4.90 Å². The Hall–Kier alpha value is -0.880. The first-order chi connectivity index (χ1) is 10.2. The Morgan fingerprint density at radius 3 is 3.10 bits per heavy atom. The Labute approximate surface area is 126 Å². The van der Waals surface area contributed by atoms with Crippen LogP contribution in [-0.4, -0.2) is 69.0 Å². The van der Waals surface area contributed by atoms with Gasteiger partial charge in [0, 0.05) is 19.6 Å². The van der Waals surface area contributed by atoms with Crippen LogP contribution >= 0.6 is 0 Å². The summed E-state index contributed by atoms with van der Waals surface area (Å²) in [4.78, 5) is 4.63. The molecule has 2 fully saturated rings. The monoisotopic (exact) mass is 294 g/mol. The second-order valence-electron chi connectivity index (χ2n) is 6.67. The van der Waals surface area contributed by atoms with E-state index in [1.54, 1.807) is 6.26 Å². The average molecular weight is 294 g/mol. The summed E-state index contributed by atoms with van der Waals surface area (Å²) in [6.07, 6.45) is 2.82. The summed E-state index contributed by atoms with van der Waals surface area (Å²) in [7, 11) is 4.25. The number of hydrogen-bond donors (Lipinski definition) is 0. The summed E-state index contributed by atoms with van der Waals surface area (Å²) < 4.78 is 17.5. The number of rotatable bonds is 4. The van der Waals surface area contributed by atoms with Crippen molar-refractivity contribution in [3.63, 3.8) is 0 Å². The molecule has 0 aromatic carbocycles. The molecule has 3 rings (SSSR count). The van der Waals surface area contributed by atoms with Gasteiger partial charge in [0.15, 0.2) is 0 Å². The first-order valence-corrected chi connectivity index (χ1v) is 7.76. The highest BCUT2D eigenvalue weighted by molar-refractivity contribution is 5.00. The molecule has 21 heavy (non-hydrogen) atoms. The van der Waals surface area contributed by atoms with Gasteiger partial charge in [-0.1, -0.05) is 0 Å². The predicted molar refractivity (Wildman–Crippen MR) is 80.1 cm³/mol. The van der Waals surface area contributed by atoms with E-state index in [1.807, 2.05) is 12.1 Å². The van der Waals surface area contributed by atoms with Gasteiger partial charge in [-0.2, -0.15) is 0 Å². The van der Waals surface area contributed by atoms with E-state index in [9.17, 15) is 0 Å². The fraction of sp³-hybridized carbons (Fsp3) is 0.750. The molecule has 0 N–H and O–H groups in total. The van der Waals surface area contributed by atoms with Crippen molar-refractivity contribution in [1.82, 2.24) is 9.80 Å². The lowest BCUT2D eigenvalue weighted by Gasteiger charge is -2.30. The van der Waals surface area contributed by atoms with Crippen molar-refractivity contribution in [3.05, 3.63) is 24.2 Å². The van der Waals surface area contributed by atoms with Crippen LogP contribution in [0.4, 0.5) is 0 Å². The van der Waals surface area contributed by atoms with E-state index in [1.165, 1.54) is 0 Å². The van der Waals surface area contributed by atoms with Crippen LogP contribution in [-0.2, 0) is 16.0 Å². The van der Waals surface area contributed by atoms with Crippen molar-refractivity contribution < 1.29 is 13.9 Å². The van der Waals surface area contributed by atoms with Crippen LogP contribution in [0, 0.1) is 5.92 Å². The largest absolute Gasteiger partial charge is 0.468 e. The minimum atomic E-state index is -0.135. The highest BCUT2D eigenvalue weighted by Gasteiger charge is 2.43. The quantitative estimate of drug-likeness (QED) is 0.840. The Kier molecular flexibility index (Phi) is 4.64. The molecule has 5 heteroatoms. The third-order valence-electron chi connectivity index (χ3n) is 4.30. The van der Waals surface area contributed by atoms with Crippen molar-refractivity contribution in [2.75, 3.05) is 53.6 Å². The molecule has 2 saturated heterocycles. The van der Waals surface area contributed by atoms with Gasteiger partial charge in [-0.15, -0.1) is 0 Å². The smallest absolute Gasteiger partial charge is 0.117 e. The lowest BCUT2D eigenvalue weighted by Crippen LogP contribution is -2.44. The van der Waals surface area contributed by atoms with Crippen LogP contribution in [0.15, 0.2) is 22.8 Å². The molecule has 1 aromatic heterocycles. The number of furan rings is 1. The van der Waals surface area contributed by atoms with Gasteiger partial charge < -0.3 is 18.8 Å². The summed E-state index contributed by atoms with van der Waals surface area (Å²) in [5, 5.41) is 0. The molecule has 0 saturated carbocycles. The van der Waals surface area contributed by atoms with Crippen molar-refractivity contribution in [1.29, 1.82) is 0 Å². The Balaban J connectivity index is 1.62. The molecule has 5 nitrogen and oxygen atoms in total. The van der Waals surface area contributed by atoms with E-state index in [-0.39, 0.29) is 5.60 Å². The SMILES string of the molecule is CN(C)C[C@H]1CO[C@]2(COCCN(Cc3ccco3)C2)C1. The first kappa shape index (κ1) is 15.0. The molecular weight excluding hydrogens is 268 g/mol. The van der Waals surface area contributed by atoms with Crippen LogP contribution < -0.4 is 0 Å². The van der Waals surface area contributed by atoms with Crippen molar-refractivity contribution >= 4 is 0 Å². The van der Waals surface area contributed by atoms with Crippen molar-refractivity contribution in [3.8, 4) is 0 Å². The third kappa shape index (κ3) is 3.86. The third-order valence-corrected chi connectivity index (χ3v) is 4.30. The lowest BCUT2D eigenvalue weighted by atomic mass is 9.94. The van der Waals surface area contributed by atoms with Crippen molar-refractivity contribution in [2.24, 2.45) is 5.92 Å². The summed E-state index contributed by atoms with van der Waals surface area (Å²) in [6.45, 7) is 6.10. The minimum absolute atomic E-state index is 0.135. The molecule has 2 aliphatic rings. The number of hydrogen-bond acceptors (Lipinski definition) is 5.